The summed E-state index contributed by atoms with van der Waals surface area (Å²) in [5, 5.41) is 0. The molecule has 1 saturated heterocycles. The molecule has 0 aromatic heterocycles. The Morgan fingerprint density at radius 2 is 2.22 bits per heavy atom. The second-order valence-corrected chi connectivity index (χ2v) is 4.36. The predicted molar refractivity (Wildman–Crippen MR) is 69.8 cm³/mol. The van der Waals surface area contributed by atoms with Gasteiger partial charge in [-0.2, -0.15) is 0 Å². The molecule has 1 fully saturated rings. The van der Waals surface area contributed by atoms with E-state index in [-0.39, 0.29) is 12.1 Å². The average molecular weight is 250 g/mol. The molecule has 1 heterocycles. The van der Waals surface area contributed by atoms with Crippen LogP contribution in [-0.4, -0.2) is 39.4 Å². The second-order valence-electron chi connectivity index (χ2n) is 4.36. The largest absolute Gasteiger partial charge is 0.465 e. The van der Waals surface area contributed by atoms with E-state index in [1.165, 1.54) is 7.11 Å². The highest BCUT2D eigenvalue weighted by atomic mass is 16.5. The van der Waals surface area contributed by atoms with Crippen molar-refractivity contribution >= 4 is 17.3 Å². The van der Waals surface area contributed by atoms with Gasteiger partial charge >= 0.3 is 5.97 Å². The zero-order valence-electron chi connectivity index (χ0n) is 10.7. The molecule has 2 N–H and O–H groups in total. The minimum atomic E-state index is -0.371. The van der Waals surface area contributed by atoms with Gasteiger partial charge in [0.25, 0.3) is 0 Å². The van der Waals surface area contributed by atoms with E-state index in [4.69, 9.17) is 10.5 Å². The first-order valence-corrected chi connectivity index (χ1v) is 5.91. The first-order valence-electron chi connectivity index (χ1n) is 5.91. The molecular formula is C13H18N2O3. The van der Waals surface area contributed by atoms with Crippen molar-refractivity contribution in [3.05, 3.63) is 23.8 Å². The average Bonchev–Trinajstić information content (AvgIpc) is 2.86. The van der Waals surface area contributed by atoms with Crippen molar-refractivity contribution in [3.8, 4) is 0 Å². The van der Waals surface area contributed by atoms with Gasteiger partial charge in [-0.05, 0) is 24.6 Å². The summed E-state index contributed by atoms with van der Waals surface area (Å²) in [4.78, 5) is 13.6. The maximum Gasteiger partial charge on any atom is 0.337 e. The first-order chi connectivity index (χ1) is 8.65. The van der Waals surface area contributed by atoms with Crippen LogP contribution in [0.4, 0.5) is 11.4 Å². The number of benzene rings is 1. The van der Waals surface area contributed by atoms with Crippen molar-refractivity contribution in [1.82, 2.24) is 0 Å². The number of ether oxygens (including phenoxy) is 2. The molecule has 2 rings (SSSR count). The lowest BCUT2D eigenvalue weighted by atomic mass is 10.1. The molecule has 1 aliphatic rings. The molecule has 5 nitrogen and oxygen atoms in total. The van der Waals surface area contributed by atoms with Crippen molar-refractivity contribution in [3.63, 3.8) is 0 Å². The Labute approximate surface area is 106 Å². The topological polar surface area (TPSA) is 64.8 Å². The first kappa shape index (κ1) is 12.7. The standard InChI is InChI=1S/C13H18N2O3/c1-17-10-5-6-15(8-10)12-4-3-9(7-11(12)14)13(16)18-2/h3-4,7,10H,5-6,8,14H2,1-2H3. The van der Waals surface area contributed by atoms with Gasteiger partial charge in [0.15, 0.2) is 0 Å². The van der Waals surface area contributed by atoms with Crippen molar-refractivity contribution in [2.24, 2.45) is 0 Å². The molecule has 0 radical (unpaired) electrons. The molecule has 0 amide bonds. The molecule has 1 aliphatic heterocycles. The van der Waals surface area contributed by atoms with Crippen LogP contribution in [0.3, 0.4) is 0 Å². The summed E-state index contributed by atoms with van der Waals surface area (Å²) in [7, 11) is 3.08. The second kappa shape index (κ2) is 5.27. The van der Waals surface area contributed by atoms with Gasteiger partial charge in [0.1, 0.15) is 0 Å². The summed E-state index contributed by atoms with van der Waals surface area (Å²) in [6.07, 6.45) is 1.25. The fourth-order valence-corrected chi connectivity index (χ4v) is 2.23. The van der Waals surface area contributed by atoms with Crippen LogP contribution >= 0.6 is 0 Å². The Bertz CT molecular complexity index is 448. The molecule has 1 aromatic carbocycles. The van der Waals surface area contributed by atoms with Crippen LogP contribution in [0.15, 0.2) is 18.2 Å². The Kier molecular flexibility index (Phi) is 3.72. The highest BCUT2D eigenvalue weighted by Crippen LogP contribution is 2.28. The van der Waals surface area contributed by atoms with E-state index in [0.29, 0.717) is 11.3 Å². The lowest BCUT2D eigenvalue weighted by Crippen LogP contribution is -2.23. The zero-order chi connectivity index (χ0) is 13.1. The van der Waals surface area contributed by atoms with Crippen LogP contribution in [0.2, 0.25) is 0 Å². The highest BCUT2D eigenvalue weighted by molar-refractivity contribution is 5.92. The number of rotatable bonds is 3. The quantitative estimate of drug-likeness (QED) is 0.646. The predicted octanol–water partition coefficient (Wildman–Crippen LogP) is 1.28. The minimum absolute atomic E-state index is 0.254. The Balaban J connectivity index is 2.18. The summed E-state index contributed by atoms with van der Waals surface area (Å²) in [5.41, 5.74) is 8.00. The molecule has 1 unspecified atom stereocenters. The molecule has 98 valence electrons. The number of esters is 1. The van der Waals surface area contributed by atoms with Gasteiger partial charge in [-0.25, -0.2) is 4.79 Å². The van der Waals surface area contributed by atoms with Crippen molar-refractivity contribution < 1.29 is 14.3 Å². The third-order valence-corrected chi connectivity index (χ3v) is 3.27. The third-order valence-electron chi connectivity index (χ3n) is 3.27. The smallest absolute Gasteiger partial charge is 0.337 e. The van der Waals surface area contributed by atoms with E-state index < -0.39 is 0 Å². The lowest BCUT2D eigenvalue weighted by Gasteiger charge is -2.20. The van der Waals surface area contributed by atoms with Crippen molar-refractivity contribution in [2.75, 3.05) is 37.9 Å². The Morgan fingerprint density at radius 3 is 2.78 bits per heavy atom. The van der Waals surface area contributed by atoms with Gasteiger partial charge in [0.05, 0.1) is 30.2 Å². The van der Waals surface area contributed by atoms with E-state index in [1.807, 2.05) is 6.07 Å². The fourth-order valence-electron chi connectivity index (χ4n) is 2.23. The molecule has 18 heavy (non-hydrogen) atoms. The number of carbonyl (C=O) groups excluding carboxylic acids is 1. The van der Waals surface area contributed by atoms with Gasteiger partial charge in [0, 0.05) is 20.2 Å². The van der Waals surface area contributed by atoms with Gasteiger partial charge in [0.2, 0.25) is 0 Å². The summed E-state index contributed by atoms with van der Waals surface area (Å²) in [5.74, 6) is -0.371. The highest BCUT2D eigenvalue weighted by Gasteiger charge is 2.23. The summed E-state index contributed by atoms with van der Waals surface area (Å²) in [6.45, 7) is 1.75. The van der Waals surface area contributed by atoms with Crippen LogP contribution in [0, 0.1) is 0 Å². The van der Waals surface area contributed by atoms with Gasteiger partial charge in [-0.3, -0.25) is 0 Å². The van der Waals surface area contributed by atoms with E-state index in [0.717, 1.165) is 25.2 Å². The van der Waals surface area contributed by atoms with Crippen LogP contribution < -0.4 is 10.6 Å². The van der Waals surface area contributed by atoms with Crippen molar-refractivity contribution in [1.29, 1.82) is 0 Å². The Hall–Kier alpha value is -1.75. The number of methoxy groups -OCH3 is 2. The summed E-state index contributed by atoms with van der Waals surface area (Å²) in [6, 6.07) is 5.25. The number of nitrogen functional groups attached to an aromatic ring is 1. The molecular weight excluding hydrogens is 232 g/mol. The molecule has 0 spiro atoms. The van der Waals surface area contributed by atoms with Gasteiger partial charge in [-0.15, -0.1) is 0 Å². The fraction of sp³-hybridized carbons (Fsp3) is 0.462. The monoisotopic (exact) mass is 250 g/mol. The number of anilines is 2. The summed E-state index contributed by atoms with van der Waals surface area (Å²) >= 11 is 0. The zero-order valence-corrected chi connectivity index (χ0v) is 10.7. The molecule has 0 saturated carbocycles. The van der Waals surface area contributed by atoms with E-state index in [1.54, 1.807) is 19.2 Å². The maximum atomic E-state index is 11.4. The molecule has 0 bridgehead atoms. The van der Waals surface area contributed by atoms with Crippen LogP contribution in [-0.2, 0) is 9.47 Å². The maximum absolute atomic E-state index is 11.4. The molecule has 5 heteroatoms. The number of nitrogens with zero attached hydrogens (tertiary/aromatic N) is 1. The summed E-state index contributed by atoms with van der Waals surface area (Å²) < 4.78 is 9.99. The van der Waals surface area contributed by atoms with E-state index in [9.17, 15) is 4.79 Å². The van der Waals surface area contributed by atoms with Crippen LogP contribution in [0.1, 0.15) is 16.8 Å². The molecule has 0 aliphatic carbocycles. The minimum Gasteiger partial charge on any atom is -0.465 e. The number of carbonyl (C=O) groups is 1. The number of nitrogens with two attached hydrogens (primary N) is 1. The Morgan fingerprint density at radius 1 is 1.44 bits per heavy atom. The third kappa shape index (κ3) is 2.41. The van der Waals surface area contributed by atoms with E-state index in [2.05, 4.69) is 9.64 Å². The molecule has 1 atom stereocenters. The normalized spacial score (nSPS) is 19.0. The van der Waals surface area contributed by atoms with E-state index >= 15 is 0 Å². The lowest BCUT2D eigenvalue weighted by molar-refractivity contribution is 0.0601. The number of hydrogen-bond donors (Lipinski definition) is 1. The van der Waals surface area contributed by atoms with Crippen molar-refractivity contribution in [2.45, 2.75) is 12.5 Å². The van der Waals surface area contributed by atoms with Gasteiger partial charge < -0.3 is 20.1 Å². The van der Waals surface area contributed by atoms with Gasteiger partial charge in [-0.1, -0.05) is 0 Å². The SMILES string of the molecule is COC(=O)c1ccc(N2CCC(OC)C2)c(N)c1. The number of hydrogen-bond acceptors (Lipinski definition) is 5. The van der Waals surface area contributed by atoms with Crippen LogP contribution in [0.25, 0.3) is 0 Å². The van der Waals surface area contributed by atoms with Crippen LogP contribution in [0.5, 0.6) is 0 Å². The molecule has 1 aromatic rings.